The maximum atomic E-state index is 5.49. The van der Waals surface area contributed by atoms with Crippen molar-refractivity contribution in [1.82, 2.24) is 14.9 Å². The monoisotopic (exact) mass is 338 g/mol. The molecule has 2 saturated heterocycles. The fourth-order valence-corrected chi connectivity index (χ4v) is 3.93. The summed E-state index contributed by atoms with van der Waals surface area (Å²) in [5.41, 5.74) is 1.20. The summed E-state index contributed by atoms with van der Waals surface area (Å²) in [6, 6.07) is 12.8. The zero-order valence-electron chi connectivity index (χ0n) is 14.6. The quantitative estimate of drug-likeness (QED) is 0.923. The molecule has 0 spiro atoms. The number of likely N-dealkylation sites (tertiary alicyclic amines) is 1. The summed E-state index contributed by atoms with van der Waals surface area (Å²) in [5.74, 6) is 2.27. The number of piperidine rings is 1. The molecule has 0 saturated carbocycles. The van der Waals surface area contributed by atoms with Gasteiger partial charge in [0.05, 0.1) is 0 Å². The molecule has 5 heteroatoms. The Hall–Kier alpha value is -1.98. The second kappa shape index (κ2) is 7.93. The molecule has 132 valence electrons. The first-order valence-electron chi connectivity index (χ1n) is 9.35. The molecule has 2 fully saturated rings. The van der Waals surface area contributed by atoms with E-state index in [0.29, 0.717) is 5.92 Å². The van der Waals surface area contributed by atoms with Crippen molar-refractivity contribution >= 4 is 11.6 Å². The van der Waals surface area contributed by atoms with Crippen LogP contribution in [0, 0.1) is 0 Å². The average molecular weight is 338 g/mol. The fourth-order valence-electron chi connectivity index (χ4n) is 3.93. The molecule has 2 aromatic heterocycles. The van der Waals surface area contributed by atoms with E-state index < -0.39 is 0 Å². The number of pyridine rings is 2. The molecule has 2 aliphatic rings. The summed E-state index contributed by atoms with van der Waals surface area (Å²) >= 11 is 0. The van der Waals surface area contributed by atoms with Crippen LogP contribution in [0.5, 0.6) is 0 Å². The number of nitrogens with one attached hydrogen (secondary N) is 1. The predicted molar refractivity (Wildman–Crippen MR) is 99.1 cm³/mol. The van der Waals surface area contributed by atoms with Gasteiger partial charge in [-0.05, 0) is 63.0 Å². The van der Waals surface area contributed by atoms with Crippen molar-refractivity contribution in [3.05, 3.63) is 48.3 Å². The molecule has 0 radical (unpaired) electrons. The highest BCUT2D eigenvalue weighted by atomic mass is 16.5. The van der Waals surface area contributed by atoms with Gasteiger partial charge in [-0.3, -0.25) is 0 Å². The third kappa shape index (κ3) is 4.17. The third-order valence-electron chi connectivity index (χ3n) is 5.35. The van der Waals surface area contributed by atoms with Crippen LogP contribution in [0.4, 0.5) is 11.6 Å². The van der Waals surface area contributed by atoms with Crippen molar-refractivity contribution in [3.8, 4) is 0 Å². The molecule has 0 aromatic carbocycles. The number of hydrogen-bond donors (Lipinski definition) is 1. The van der Waals surface area contributed by atoms with Crippen LogP contribution in [0.25, 0.3) is 0 Å². The summed E-state index contributed by atoms with van der Waals surface area (Å²) in [6.07, 6.45) is 6.55. The Morgan fingerprint density at radius 2 is 1.72 bits per heavy atom. The number of hydrogen-bond acceptors (Lipinski definition) is 5. The Labute approximate surface area is 149 Å². The van der Waals surface area contributed by atoms with Crippen LogP contribution in [0.3, 0.4) is 0 Å². The lowest BCUT2D eigenvalue weighted by Gasteiger charge is -2.39. The molecular formula is C20H26N4O. The van der Waals surface area contributed by atoms with E-state index in [4.69, 9.17) is 9.72 Å². The number of ether oxygens (including phenoxy) is 1. The van der Waals surface area contributed by atoms with E-state index in [-0.39, 0.29) is 0 Å². The molecule has 4 rings (SSSR count). The zero-order valence-corrected chi connectivity index (χ0v) is 14.6. The van der Waals surface area contributed by atoms with Crippen LogP contribution >= 0.6 is 0 Å². The number of aromatic nitrogens is 2. The van der Waals surface area contributed by atoms with Crippen LogP contribution in [0.2, 0.25) is 0 Å². The normalized spacial score (nSPS) is 20.5. The Balaban J connectivity index is 1.37. The van der Waals surface area contributed by atoms with Crippen molar-refractivity contribution in [2.45, 2.75) is 37.6 Å². The Kier molecular flexibility index (Phi) is 5.23. The first-order valence-corrected chi connectivity index (χ1v) is 9.35. The van der Waals surface area contributed by atoms with E-state index in [0.717, 1.165) is 30.9 Å². The predicted octanol–water partition coefficient (Wildman–Crippen LogP) is 3.58. The highest BCUT2D eigenvalue weighted by Gasteiger charge is 2.27. The van der Waals surface area contributed by atoms with Crippen molar-refractivity contribution in [3.63, 3.8) is 0 Å². The molecule has 25 heavy (non-hydrogen) atoms. The highest BCUT2D eigenvalue weighted by molar-refractivity contribution is 5.51. The minimum Gasteiger partial charge on any atom is -0.381 e. The largest absolute Gasteiger partial charge is 0.381 e. The van der Waals surface area contributed by atoms with E-state index in [9.17, 15) is 0 Å². The molecule has 4 heterocycles. The molecule has 2 aliphatic heterocycles. The lowest BCUT2D eigenvalue weighted by Crippen LogP contribution is -2.43. The summed E-state index contributed by atoms with van der Waals surface area (Å²) < 4.78 is 5.49. The molecule has 1 N–H and O–H groups in total. The number of anilines is 2. The van der Waals surface area contributed by atoms with Crippen molar-refractivity contribution in [1.29, 1.82) is 0 Å². The van der Waals surface area contributed by atoms with Crippen LogP contribution in [-0.2, 0) is 4.74 Å². The maximum Gasteiger partial charge on any atom is 0.131 e. The summed E-state index contributed by atoms with van der Waals surface area (Å²) in [6.45, 7) is 4.20. The molecule has 2 aromatic rings. The smallest absolute Gasteiger partial charge is 0.131 e. The minimum absolute atomic E-state index is 0.557. The lowest BCUT2D eigenvalue weighted by atomic mass is 9.91. The highest BCUT2D eigenvalue weighted by Crippen LogP contribution is 2.30. The van der Waals surface area contributed by atoms with Crippen molar-refractivity contribution in [2.24, 2.45) is 0 Å². The minimum atomic E-state index is 0.557. The van der Waals surface area contributed by atoms with E-state index in [1.54, 1.807) is 6.20 Å². The van der Waals surface area contributed by atoms with Gasteiger partial charge in [-0.2, -0.15) is 0 Å². The van der Waals surface area contributed by atoms with Gasteiger partial charge in [0.2, 0.25) is 0 Å². The van der Waals surface area contributed by atoms with Gasteiger partial charge in [-0.25, -0.2) is 9.97 Å². The first-order chi connectivity index (χ1) is 12.4. The van der Waals surface area contributed by atoms with E-state index in [2.05, 4.69) is 27.3 Å². The molecule has 0 bridgehead atoms. The second-order valence-electron chi connectivity index (χ2n) is 6.94. The summed E-state index contributed by atoms with van der Waals surface area (Å²) in [4.78, 5) is 11.8. The molecule has 0 amide bonds. The standard InChI is InChI=1S/C20H26N4O/c1-2-11-21-19(5-1)23-20-6-3-4-18(22-20)16-7-12-24(13-8-16)17-9-14-25-15-10-17/h1-6,11,16-17H,7-10,12-15H2,(H,21,22,23). The summed E-state index contributed by atoms with van der Waals surface area (Å²) in [7, 11) is 0. The van der Waals surface area contributed by atoms with Crippen LogP contribution in [0.15, 0.2) is 42.6 Å². The van der Waals surface area contributed by atoms with E-state index in [1.165, 1.54) is 44.5 Å². The molecule has 0 unspecified atom stereocenters. The maximum absolute atomic E-state index is 5.49. The molecule has 0 aliphatic carbocycles. The van der Waals surface area contributed by atoms with Crippen molar-refractivity contribution in [2.75, 3.05) is 31.6 Å². The molecule has 0 atom stereocenters. The Morgan fingerprint density at radius 3 is 2.48 bits per heavy atom. The van der Waals surface area contributed by atoms with E-state index >= 15 is 0 Å². The fraction of sp³-hybridized carbons (Fsp3) is 0.500. The van der Waals surface area contributed by atoms with Gasteiger partial charge >= 0.3 is 0 Å². The van der Waals surface area contributed by atoms with Crippen LogP contribution in [0.1, 0.15) is 37.3 Å². The van der Waals surface area contributed by atoms with Gasteiger partial charge < -0.3 is 15.0 Å². The second-order valence-corrected chi connectivity index (χ2v) is 6.94. The van der Waals surface area contributed by atoms with Crippen molar-refractivity contribution < 1.29 is 4.74 Å². The first kappa shape index (κ1) is 16.5. The van der Waals surface area contributed by atoms with Gasteiger partial charge in [0, 0.05) is 37.1 Å². The van der Waals surface area contributed by atoms with Gasteiger partial charge in [-0.1, -0.05) is 12.1 Å². The summed E-state index contributed by atoms with van der Waals surface area (Å²) in [5, 5.41) is 3.30. The van der Waals surface area contributed by atoms with Gasteiger partial charge in [-0.15, -0.1) is 0 Å². The Morgan fingerprint density at radius 1 is 0.920 bits per heavy atom. The lowest BCUT2D eigenvalue weighted by molar-refractivity contribution is 0.0250. The van der Waals surface area contributed by atoms with Gasteiger partial charge in [0.1, 0.15) is 11.6 Å². The van der Waals surface area contributed by atoms with Crippen LogP contribution < -0.4 is 5.32 Å². The van der Waals surface area contributed by atoms with E-state index in [1.807, 2.05) is 24.3 Å². The SMILES string of the molecule is c1ccc(Nc2cccc(C3CCN(C4CCOCC4)CC3)n2)nc1. The number of nitrogens with zero attached hydrogens (tertiary/aromatic N) is 3. The van der Waals surface area contributed by atoms with Gasteiger partial charge in [0.15, 0.2) is 0 Å². The molecular weight excluding hydrogens is 312 g/mol. The zero-order chi connectivity index (χ0) is 16.9. The topological polar surface area (TPSA) is 50.3 Å². The van der Waals surface area contributed by atoms with Crippen LogP contribution in [-0.4, -0.2) is 47.2 Å². The number of rotatable bonds is 4. The molecule has 5 nitrogen and oxygen atoms in total. The third-order valence-corrected chi connectivity index (χ3v) is 5.35. The Bertz CT molecular complexity index is 664. The average Bonchev–Trinajstić information content (AvgIpc) is 2.70. The van der Waals surface area contributed by atoms with Gasteiger partial charge in [0.25, 0.3) is 0 Å².